The Bertz CT molecular complexity index is 406. The first-order chi connectivity index (χ1) is 7.40. The minimum atomic E-state index is -0.301. The van der Waals surface area contributed by atoms with Gasteiger partial charge in [0.25, 0.3) is 0 Å². The van der Waals surface area contributed by atoms with Gasteiger partial charge in [-0.3, -0.25) is 0 Å². The Kier molecular flexibility index (Phi) is 2.75. The van der Waals surface area contributed by atoms with Crippen molar-refractivity contribution < 1.29 is 4.39 Å². The molecule has 0 aromatic heterocycles. The molecule has 1 aromatic carbocycles. The lowest BCUT2D eigenvalue weighted by Gasteiger charge is -2.53. The first kappa shape index (κ1) is 11.9. The highest BCUT2D eigenvalue weighted by Crippen LogP contribution is 2.55. The van der Waals surface area contributed by atoms with Gasteiger partial charge in [0, 0.05) is 12.0 Å². The van der Waals surface area contributed by atoms with Crippen LogP contribution in [0.25, 0.3) is 0 Å². The van der Waals surface area contributed by atoms with Crippen LogP contribution in [0.3, 0.4) is 0 Å². The SMILES string of the molecule is CC1(C)CC(CN)(c2cccc(Cl)c2F)C1. The van der Waals surface area contributed by atoms with Gasteiger partial charge in [0.15, 0.2) is 0 Å². The molecule has 0 radical (unpaired) electrons. The fourth-order valence-electron chi connectivity index (χ4n) is 3.14. The van der Waals surface area contributed by atoms with Crippen LogP contribution in [0.4, 0.5) is 4.39 Å². The standard InChI is InChI=1S/C13H17ClFN/c1-12(2)6-13(7-12,8-16)9-4-3-5-10(14)11(9)15/h3-5H,6-8,16H2,1-2H3. The summed E-state index contributed by atoms with van der Waals surface area (Å²) in [5.41, 5.74) is 6.56. The highest BCUT2D eigenvalue weighted by atomic mass is 35.5. The minimum absolute atomic E-state index is 0.190. The van der Waals surface area contributed by atoms with Gasteiger partial charge in [0.1, 0.15) is 5.82 Å². The minimum Gasteiger partial charge on any atom is -0.330 e. The van der Waals surface area contributed by atoms with Crippen molar-refractivity contribution in [3.05, 3.63) is 34.6 Å². The van der Waals surface area contributed by atoms with E-state index in [0.29, 0.717) is 12.1 Å². The van der Waals surface area contributed by atoms with E-state index in [4.69, 9.17) is 17.3 Å². The average molecular weight is 242 g/mol. The van der Waals surface area contributed by atoms with E-state index in [9.17, 15) is 4.39 Å². The molecule has 16 heavy (non-hydrogen) atoms. The Morgan fingerprint density at radius 1 is 1.38 bits per heavy atom. The predicted molar refractivity (Wildman–Crippen MR) is 65.2 cm³/mol. The van der Waals surface area contributed by atoms with E-state index in [0.717, 1.165) is 12.8 Å². The van der Waals surface area contributed by atoms with Gasteiger partial charge in [-0.15, -0.1) is 0 Å². The van der Waals surface area contributed by atoms with Crippen molar-refractivity contribution in [3.8, 4) is 0 Å². The number of hydrogen-bond donors (Lipinski definition) is 1. The molecular weight excluding hydrogens is 225 g/mol. The maximum Gasteiger partial charge on any atom is 0.145 e. The van der Waals surface area contributed by atoms with Gasteiger partial charge in [-0.25, -0.2) is 4.39 Å². The van der Waals surface area contributed by atoms with E-state index in [1.54, 1.807) is 12.1 Å². The molecule has 2 N–H and O–H groups in total. The van der Waals surface area contributed by atoms with E-state index < -0.39 is 0 Å². The summed E-state index contributed by atoms with van der Waals surface area (Å²) in [4.78, 5) is 0. The van der Waals surface area contributed by atoms with Crippen molar-refractivity contribution in [2.45, 2.75) is 32.1 Å². The second-order valence-corrected chi connectivity index (χ2v) is 6.01. The highest BCUT2D eigenvalue weighted by molar-refractivity contribution is 6.30. The van der Waals surface area contributed by atoms with Gasteiger partial charge in [0.2, 0.25) is 0 Å². The van der Waals surface area contributed by atoms with Crippen LogP contribution in [0.15, 0.2) is 18.2 Å². The number of nitrogens with two attached hydrogens (primary N) is 1. The number of halogens is 2. The molecule has 1 nitrogen and oxygen atoms in total. The molecule has 88 valence electrons. The molecule has 1 aliphatic rings. The third-order valence-electron chi connectivity index (χ3n) is 3.55. The number of hydrogen-bond acceptors (Lipinski definition) is 1. The van der Waals surface area contributed by atoms with Gasteiger partial charge in [-0.1, -0.05) is 37.6 Å². The van der Waals surface area contributed by atoms with Crippen LogP contribution in [-0.4, -0.2) is 6.54 Å². The molecule has 1 aliphatic carbocycles. The van der Waals surface area contributed by atoms with E-state index in [-0.39, 0.29) is 21.7 Å². The fourth-order valence-corrected chi connectivity index (χ4v) is 3.31. The maximum absolute atomic E-state index is 14.0. The first-order valence-electron chi connectivity index (χ1n) is 5.55. The molecule has 0 amide bonds. The third kappa shape index (κ3) is 1.74. The number of rotatable bonds is 2. The molecule has 0 saturated heterocycles. The van der Waals surface area contributed by atoms with E-state index in [1.165, 1.54) is 0 Å². The quantitative estimate of drug-likeness (QED) is 0.843. The molecule has 3 heteroatoms. The van der Waals surface area contributed by atoms with Crippen LogP contribution >= 0.6 is 11.6 Å². The molecule has 1 saturated carbocycles. The zero-order chi connectivity index (χ0) is 12.0. The molecule has 0 aliphatic heterocycles. The summed E-state index contributed by atoms with van der Waals surface area (Å²) in [5.74, 6) is -0.301. The zero-order valence-corrected chi connectivity index (χ0v) is 10.4. The van der Waals surface area contributed by atoms with E-state index in [2.05, 4.69) is 13.8 Å². The molecule has 2 rings (SSSR count). The summed E-state index contributed by atoms with van der Waals surface area (Å²) in [6, 6.07) is 5.18. The second kappa shape index (κ2) is 3.71. The molecule has 0 heterocycles. The van der Waals surface area contributed by atoms with Gasteiger partial charge in [-0.2, -0.15) is 0 Å². The fraction of sp³-hybridized carbons (Fsp3) is 0.538. The Hall–Kier alpha value is -0.600. The summed E-state index contributed by atoms with van der Waals surface area (Å²) in [6.07, 6.45) is 1.85. The van der Waals surface area contributed by atoms with Crippen molar-refractivity contribution in [2.24, 2.45) is 11.1 Å². The zero-order valence-electron chi connectivity index (χ0n) is 9.69. The van der Waals surface area contributed by atoms with Gasteiger partial charge >= 0.3 is 0 Å². The summed E-state index contributed by atoms with van der Waals surface area (Å²) in [6.45, 7) is 4.85. The Labute approximate surface area is 101 Å². The van der Waals surface area contributed by atoms with Crippen LogP contribution in [0.2, 0.25) is 5.02 Å². The summed E-state index contributed by atoms with van der Waals surface area (Å²) >= 11 is 5.81. The summed E-state index contributed by atoms with van der Waals surface area (Å²) < 4.78 is 14.0. The Morgan fingerprint density at radius 3 is 2.50 bits per heavy atom. The van der Waals surface area contributed by atoms with E-state index in [1.807, 2.05) is 6.07 Å². The molecule has 1 aromatic rings. The Balaban J connectivity index is 2.40. The molecule has 0 spiro atoms. The van der Waals surface area contributed by atoms with Gasteiger partial charge in [-0.05, 0) is 29.9 Å². The van der Waals surface area contributed by atoms with Gasteiger partial charge < -0.3 is 5.73 Å². The largest absolute Gasteiger partial charge is 0.330 e. The highest BCUT2D eigenvalue weighted by Gasteiger charge is 2.50. The normalized spacial score (nSPS) is 21.6. The lowest BCUT2D eigenvalue weighted by Crippen LogP contribution is -2.51. The third-order valence-corrected chi connectivity index (χ3v) is 3.84. The molecular formula is C13H17ClFN. The van der Waals surface area contributed by atoms with Crippen LogP contribution in [0.1, 0.15) is 32.3 Å². The van der Waals surface area contributed by atoms with Crippen molar-refractivity contribution in [1.29, 1.82) is 0 Å². The Morgan fingerprint density at radius 2 is 2.00 bits per heavy atom. The van der Waals surface area contributed by atoms with Crippen molar-refractivity contribution >= 4 is 11.6 Å². The van der Waals surface area contributed by atoms with Crippen molar-refractivity contribution in [1.82, 2.24) is 0 Å². The van der Waals surface area contributed by atoms with Crippen LogP contribution < -0.4 is 5.73 Å². The van der Waals surface area contributed by atoms with Crippen LogP contribution in [-0.2, 0) is 5.41 Å². The number of benzene rings is 1. The summed E-state index contributed by atoms with van der Waals surface area (Å²) in [5, 5.41) is 0.190. The van der Waals surface area contributed by atoms with Crippen LogP contribution in [0, 0.1) is 11.2 Å². The van der Waals surface area contributed by atoms with Crippen molar-refractivity contribution in [3.63, 3.8) is 0 Å². The lowest BCUT2D eigenvalue weighted by atomic mass is 9.52. The molecule has 0 atom stereocenters. The molecule has 1 fully saturated rings. The van der Waals surface area contributed by atoms with Gasteiger partial charge in [0.05, 0.1) is 5.02 Å². The molecule has 0 unspecified atom stereocenters. The predicted octanol–water partition coefficient (Wildman–Crippen LogP) is 3.50. The second-order valence-electron chi connectivity index (χ2n) is 5.60. The maximum atomic E-state index is 14.0. The smallest absolute Gasteiger partial charge is 0.145 e. The lowest BCUT2D eigenvalue weighted by molar-refractivity contribution is 0.0606. The van der Waals surface area contributed by atoms with Crippen molar-refractivity contribution in [2.75, 3.05) is 6.54 Å². The molecule has 0 bridgehead atoms. The average Bonchev–Trinajstić information content (AvgIpc) is 2.18. The topological polar surface area (TPSA) is 26.0 Å². The summed E-state index contributed by atoms with van der Waals surface area (Å²) in [7, 11) is 0. The van der Waals surface area contributed by atoms with Crippen LogP contribution in [0.5, 0.6) is 0 Å². The first-order valence-corrected chi connectivity index (χ1v) is 5.93. The monoisotopic (exact) mass is 241 g/mol. The van der Waals surface area contributed by atoms with E-state index >= 15 is 0 Å².